The number of carbonyl (C=O) groups is 2. The minimum Gasteiger partial charge on any atom is -0.411 e. The van der Waals surface area contributed by atoms with E-state index in [1.165, 1.54) is 0 Å². The topological polar surface area (TPSA) is 124 Å². The van der Waals surface area contributed by atoms with Crippen molar-refractivity contribution in [3.05, 3.63) is 205 Å². The number of hydrogen-bond acceptors (Lipinski definition) is 6. The first-order chi connectivity index (χ1) is 30.5. The number of carbonyl (C=O) groups excluding carboxylic acids is 2. The molecule has 2 amide bonds. The fourth-order valence-corrected chi connectivity index (χ4v) is 12.9. The van der Waals surface area contributed by atoms with Gasteiger partial charge in [-0.25, -0.2) is 9.98 Å². The number of fused-ring (bicyclic) bond motifs is 2. The molecule has 300 valence electrons. The zero-order valence-corrected chi connectivity index (χ0v) is 35.1. The van der Waals surface area contributed by atoms with Crippen LogP contribution in [0.25, 0.3) is 21.5 Å². The van der Waals surface area contributed by atoms with Gasteiger partial charge in [0.05, 0.1) is 11.1 Å². The molecule has 8 aromatic carbocycles. The van der Waals surface area contributed by atoms with Crippen LogP contribution in [0.1, 0.15) is 33.6 Å². The smallest absolute Gasteiger partial charge is 0.278 e. The quantitative estimate of drug-likeness (QED) is 0.0902. The van der Waals surface area contributed by atoms with Gasteiger partial charge in [-0.2, -0.15) is 0 Å². The summed E-state index contributed by atoms with van der Waals surface area (Å²) >= 11 is 0. The van der Waals surface area contributed by atoms with Gasteiger partial charge in [0, 0.05) is 12.8 Å². The van der Waals surface area contributed by atoms with Gasteiger partial charge in [-0.3, -0.25) is 9.59 Å². The van der Waals surface area contributed by atoms with E-state index in [1.54, 1.807) is 0 Å². The molecule has 0 heterocycles. The summed E-state index contributed by atoms with van der Waals surface area (Å²) in [5.41, 5.74) is 0.560. The summed E-state index contributed by atoms with van der Waals surface area (Å²) in [5.74, 6) is -1.23. The second-order valence-electron chi connectivity index (χ2n) is 14.5. The molecule has 9 rings (SSSR count). The Balaban J connectivity index is 1.25. The molecule has 0 atom stereocenters. The van der Waals surface area contributed by atoms with Gasteiger partial charge in [0.1, 0.15) is 22.8 Å². The maximum absolute atomic E-state index is 15.2. The molecule has 1 aliphatic rings. The summed E-state index contributed by atoms with van der Waals surface area (Å²) in [7, 11) is -2.52. The van der Waals surface area contributed by atoms with E-state index in [2.05, 4.69) is 58.8 Å². The van der Waals surface area contributed by atoms with Crippen LogP contribution in [0.3, 0.4) is 0 Å². The normalized spacial score (nSPS) is 15.6. The molecule has 0 saturated heterocycles. The zero-order chi connectivity index (χ0) is 42.4. The summed E-state index contributed by atoms with van der Waals surface area (Å²) in [5, 5.41) is 36.9. The minimum absolute atomic E-state index is 0.0430. The highest BCUT2D eigenvalue weighted by Crippen LogP contribution is 2.38. The van der Waals surface area contributed by atoms with E-state index in [4.69, 9.17) is 9.98 Å². The Kier molecular flexibility index (Phi) is 11.8. The van der Waals surface area contributed by atoms with Crippen LogP contribution >= 0.6 is 15.8 Å². The van der Waals surface area contributed by atoms with Crippen molar-refractivity contribution >= 4 is 104 Å². The van der Waals surface area contributed by atoms with Crippen molar-refractivity contribution in [3.63, 3.8) is 0 Å². The summed E-state index contributed by atoms with van der Waals surface area (Å²) < 4.78 is 0. The van der Waals surface area contributed by atoms with Crippen molar-refractivity contribution in [2.24, 2.45) is 20.3 Å². The van der Waals surface area contributed by atoms with Gasteiger partial charge >= 0.3 is 0 Å². The maximum atomic E-state index is 15.2. The lowest BCUT2D eigenvalue weighted by molar-refractivity contribution is 0.0996. The third-order valence-electron chi connectivity index (χ3n) is 10.8. The maximum Gasteiger partial charge on any atom is 0.278 e. The highest BCUT2D eigenvalue weighted by Gasteiger charge is 2.33. The molecule has 0 aliphatic heterocycles. The molecule has 0 bridgehead atoms. The molecule has 8 aromatic rings. The van der Waals surface area contributed by atoms with Crippen molar-refractivity contribution in [1.82, 2.24) is 0 Å². The molecule has 0 spiro atoms. The third kappa shape index (κ3) is 7.90. The Labute approximate surface area is 360 Å². The van der Waals surface area contributed by atoms with Gasteiger partial charge in [0.15, 0.2) is 0 Å². The summed E-state index contributed by atoms with van der Waals surface area (Å²) in [6.45, 7) is 0. The van der Waals surface area contributed by atoms with Gasteiger partial charge in [0.25, 0.3) is 11.8 Å². The van der Waals surface area contributed by atoms with Crippen molar-refractivity contribution in [2.75, 3.05) is 0 Å². The first kappa shape index (κ1) is 40.2. The number of nitrogens with zero attached hydrogens (tertiary/aromatic N) is 4. The Morgan fingerprint density at radius 1 is 0.387 bits per heavy atom. The SMILES string of the molecule is O=C(N=C1C(=NC(=O)c2c(P(c3ccccc3)c3ccccc3)ccc3ccccc23)/C(=N/O)CC/C1=N\O)c1c(P(c2ccccc2)c2ccccc2)ccc2ccccc12. The predicted octanol–water partition coefficient (Wildman–Crippen LogP) is 8.83. The van der Waals surface area contributed by atoms with Crippen molar-refractivity contribution in [3.8, 4) is 0 Å². The van der Waals surface area contributed by atoms with E-state index in [0.717, 1.165) is 42.6 Å². The fraction of sp³-hybridized carbons (Fsp3) is 0.0385. The van der Waals surface area contributed by atoms with Gasteiger partial charge in [-0.05, 0) is 69.2 Å². The number of hydrogen-bond donors (Lipinski definition) is 2. The van der Waals surface area contributed by atoms with E-state index >= 15 is 9.59 Å². The van der Waals surface area contributed by atoms with E-state index in [0.29, 0.717) is 21.9 Å². The number of amides is 2. The first-order valence-corrected chi connectivity index (χ1v) is 22.8. The Morgan fingerprint density at radius 3 is 1.02 bits per heavy atom. The molecular weight excluding hydrogens is 807 g/mol. The lowest BCUT2D eigenvalue weighted by Gasteiger charge is -2.23. The van der Waals surface area contributed by atoms with Crippen LogP contribution < -0.4 is 31.8 Å². The number of oxime groups is 2. The van der Waals surface area contributed by atoms with Gasteiger partial charge in [-0.15, -0.1) is 0 Å². The molecule has 1 saturated carbocycles. The van der Waals surface area contributed by atoms with Crippen LogP contribution in [0, 0.1) is 0 Å². The lowest BCUT2D eigenvalue weighted by atomic mass is 9.91. The summed E-state index contributed by atoms with van der Waals surface area (Å²) in [4.78, 5) is 39.7. The molecule has 8 nitrogen and oxygen atoms in total. The minimum atomic E-state index is -1.26. The molecule has 62 heavy (non-hydrogen) atoms. The molecule has 0 radical (unpaired) electrons. The predicted molar refractivity (Wildman–Crippen MR) is 257 cm³/mol. The molecule has 1 aliphatic carbocycles. The van der Waals surface area contributed by atoms with Crippen LogP contribution in [-0.4, -0.2) is 45.1 Å². The van der Waals surface area contributed by atoms with Crippen LogP contribution in [0.15, 0.2) is 214 Å². The number of benzene rings is 8. The molecule has 2 N–H and O–H groups in total. The highest BCUT2D eigenvalue weighted by atomic mass is 31.1. The van der Waals surface area contributed by atoms with E-state index in [1.807, 2.05) is 146 Å². The Bertz CT molecular complexity index is 2790. The summed E-state index contributed by atoms with van der Waals surface area (Å²) in [6, 6.07) is 63.6. The number of rotatable bonds is 8. The third-order valence-corrected chi connectivity index (χ3v) is 15.8. The van der Waals surface area contributed by atoms with E-state index < -0.39 is 27.7 Å². The second kappa shape index (κ2) is 18.2. The molecule has 0 aromatic heterocycles. The first-order valence-electron chi connectivity index (χ1n) is 20.1. The van der Waals surface area contributed by atoms with E-state index in [-0.39, 0.29) is 35.7 Å². The molecule has 1 fully saturated rings. The van der Waals surface area contributed by atoms with Crippen LogP contribution in [0.4, 0.5) is 0 Å². The number of aliphatic imine (C=N–C) groups is 2. The molecular formula is C52H38N4O4P2. The lowest BCUT2D eigenvalue weighted by Crippen LogP contribution is -2.38. The van der Waals surface area contributed by atoms with E-state index in [9.17, 15) is 10.4 Å². The Morgan fingerprint density at radius 2 is 0.694 bits per heavy atom. The van der Waals surface area contributed by atoms with Crippen LogP contribution in [0.5, 0.6) is 0 Å². The van der Waals surface area contributed by atoms with Crippen molar-refractivity contribution in [1.29, 1.82) is 0 Å². The standard InChI is InChI=1S/C52H38N4O4P2/c57-51(47-41-27-15-13-17-35(41)29-33-45(47)61(37-19-5-1-6-20-37)38-21-7-2-8-22-38)53-49-43(55-59)31-32-44(56-60)50(49)54-52(58)48-42-28-16-14-18-36(42)30-34-46(48)62(39-23-9-3-10-24-39)40-25-11-4-12-26-40/h1-30,33-34,59-60H,31-32H2/b53-49?,54-50?,55-43+,56-44+. The van der Waals surface area contributed by atoms with Crippen LogP contribution in [-0.2, 0) is 0 Å². The van der Waals surface area contributed by atoms with Crippen molar-refractivity contribution in [2.45, 2.75) is 12.8 Å². The second-order valence-corrected chi connectivity index (χ2v) is 18.9. The zero-order valence-electron chi connectivity index (χ0n) is 33.3. The average molecular weight is 845 g/mol. The molecule has 0 unspecified atom stereocenters. The average Bonchev–Trinajstić information content (AvgIpc) is 3.33. The van der Waals surface area contributed by atoms with Gasteiger partial charge in [0.2, 0.25) is 0 Å². The van der Waals surface area contributed by atoms with Gasteiger partial charge < -0.3 is 10.4 Å². The molecule has 10 heteroatoms. The largest absolute Gasteiger partial charge is 0.411 e. The Hall–Kier alpha value is -7.24. The van der Waals surface area contributed by atoms with Crippen LogP contribution in [0.2, 0.25) is 0 Å². The van der Waals surface area contributed by atoms with Gasteiger partial charge in [-0.1, -0.05) is 204 Å². The summed E-state index contributed by atoms with van der Waals surface area (Å²) in [6.07, 6.45) is 0.177. The highest BCUT2D eigenvalue weighted by molar-refractivity contribution is 7.80. The fourth-order valence-electron chi connectivity index (χ4n) is 8.00. The monoisotopic (exact) mass is 844 g/mol. The van der Waals surface area contributed by atoms with Crippen molar-refractivity contribution < 1.29 is 20.0 Å².